The normalized spacial score (nSPS) is 12.5. The van der Waals surface area contributed by atoms with Crippen molar-refractivity contribution in [3.63, 3.8) is 0 Å². The highest BCUT2D eigenvalue weighted by atomic mass is 15.1. The molecule has 0 radical (unpaired) electrons. The maximum absolute atomic E-state index is 3.26. The zero-order chi connectivity index (χ0) is 12.0. The average molecular weight is 220 g/mol. The van der Waals surface area contributed by atoms with E-state index in [-0.39, 0.29) is 0 Å². The molecule has 0 aliphatic heterocycles. The van der Waals surface area contributed by atoms with Crippen LogP contribution in [0, 0.1) is 12.8 Å². The molecule has 1 N–H and O–H groups in total. The van der Waals surface area contributed by atoms with Gasteiger partial charge in [-0.05, 0) is 38.1 Å². The summed E-state index contributed by atoms with van der Waals surface area (Å²) in [6.45, 7) is 6.63. The van der Waals surface area contributed by atoms with Gasteiger partial charge < -0.3 is 10.2 Å². The van der Waals surface area contributed by atoms with Gasteiger partial charge in [-0.1, -0.05) is 31.5 Å². The molecule has 0 bridgehead atoms. The molecule has 90 valence electrons. The first-order valence-electron chi connectivity index (χ1n) is 6.10. The van der Waals surface area contributed by atoms with Crippen LogP contribution in [0.5, 0.6) is 0 Å². The number of rotatable bonds is 6. The summed E-state index contributed by atoms with van der Waals surface area (Å²) in [6.07, 6.45) is 1.22. The molecule has 0 heterocycles. The highest BCUT2D eigenvalue weighted by Gasteiger charge is 2.10. The number of benzene rings is 1. The Kier molecular flexibility index (Phi) is 5.33. The molecule has 1 aromatic rings. The molecule has 2 nitrogen and oxygen atoms in total. The minimum absolute atomic E-state index is 0.717. The van der Waals surface area contributed by atoms with E-state index in [9.17, 15) is 0 Å². The lowest BCUT2D eigenvalue weighted by Gasteiger charge is -2.26. The fourth-order valence-electron chi connectivity index (χ4n) is 2.10. The van der Waals surface area contributed by atoms with E-state index in [1.807, 2.05) is 7.05 Å². The van der Waals surface area contributed by atoms with Crippen LogP contribution in [0.25, 0.3) is 0 Å². The Labute approximate surface area is 99.7 Å². The van der Waals surface area contributed by atoms with Crippen molar-refractivity contribution in [3.8, 4) is 0 Å². The number of nitrogens with one attached hydrogen (secondary N) is 1. The van der Waals surface area contributed by atoms with Gasteiger partial charge in [-0.2, -0.15) is 0 Å². The lowest BCUT2D eigenvalue weighted by Crippen LogP contribution is -2.31. The summed E-state index contributed by atoms with van der Waals surface area (Å²) in [6, 6.07) is 8.57. The van der Waals surface area contributed by atoms with Gasteiger partial charge in [0, 0.05) is 19.3 Å². The summed E-state index contributed by atoms with van der Waals surface area (Å²) in [7, 11) is 4.21. The summed E-state index contributed by atoms with van der Waals surface area (Å²) in [5.74, 6) is 0.717. The highest BCUT2D eigenvalue weighted by Crippen LogP contribution is 2.19. The Morgan fingerprint density at radius 2 is 2.00 bits per heavy atom. The van der Waals surface area contributed by atoms with Crippen LogP contribution in [-0.2, 0) is 0 Å². The van der Waals surface area contributed by atoms with Crippen LogP contribution in [0.4, 0.5) is 5.69 Å². The van der Waals surface area contributed by atoms with Gasteiger partial charge in [0.05, 0.1) is 0 Å². The molecule has 0 spiro atoms. The van der Waals surface area contributed by atoms with Gasteiger partial charge in [-0.3, -0.25) is 0 Å². The smallest absolute Gasteiger partial charge is 0.0393 e. The van der Waals surface area contributed by atoms with E-state index in [0.717, 1.165) is 19.0 Å². The standard InChI is InChI=1S/C14H24N2/c1-5-13(10-15-3)11-16(4)14-9-7-6-8-12(14)2/h6-9,13,15H,5,10-11H2,1-4H3. The lowest BCUT2D eigenvalue weighted by molar-refractivity contribution is 0.484. The topological polar surface area (TPSA) is 15.3 Å². The SMILES string of the molecule is CCC(CNC)CN(C)c1ccccc1C. The monoisotopic (exact) mass is 220 g/mol. The minimum atomic E-state index is 0.717. The van der Waals surface area contributed by atoms with E-state index in [1.165, 1.54) is 17.7 Å². The van der Waals surface area contributed by atoms with Crippen molar-refractivity contribution in [2.24, 2.45) is 5.92 Å². The van der Waals surface area contributed by atoms with E-state index >= 15 is 0 Å². The molecule has 0 amide bonds. The van der Waals surface area contributed by atoms with Crippen molar-refractivity contribution >= 4 is 5.69 Å². The highest BCUT2D eigenvalue weighted by molar-refractivity contribution is 5.52. The first kappa shape index (κ1) is 13.0. The van der Waals surface area contributed by atoms with Crippen LogP contribution in [0.15, 0.2) is 24.3 Å². The Hall–Kier alpha value is -1.02. The van der Waals surface area contributed by atoms with Crippen LogP contribution in [0.1, 0.15) is 18.9 Å². The zero-order valence-corrected chi connectivity index (χ0v) is 11.0. The predicted octanol–water partition coefficient (Wildman–Crippen LogP) is 2.68. The molecule has 0 aliphatic rings. The Bertz CT molecular complexity index is 309. The van der Waals surface area contributed by atoms with E-state index in [1.54, 1.807) is 0 Å². The van der Waals surface area contributed by atoms with Crippen molar-refractivity contribution in [1.82, 2.24) is 5.32 Å². The Morgan fingerprint density at radius 1 is 1.31 bits per heavy atom. The van der Waals surface area contributed by atoms with Crippen molar-refractivity contribution in [2.75, 3.05) is 32.1 Å². The molecule has 0 aliphatic carbocycles. The second-order valence-electron chi connectivity index (χ2n) is 4.50. The molecular weight excluding hydrogens is 196 g/mol. The fourth-order valence-corrected chi connectivity index (χ4v) is 2.10. The van der Waals surface area contributed by atoms with Gasteiger partial charge in [0.15, 0.2) is 0 Å². The number of para-hydroxylation sites is 1. The first-order chi connectivity index (χ1) is 7.69. The van der Waals surface area contributed by atoms with Crippen LogP contribution in [0.2, 0.25) is 0 Å². The second kappa shape index (κ2) is 6.54. The number of nitrogens with zero attached hydrogens (tertiary/aromatic N) is 1. The molecule has 1 unspecified atom stereocenters. The third-order valence-corrected chi connectivity index (χ3v) is 3.13. The van der Waals surface area contributed by atoms with Crippen LogP contribution < -0.4 is 10.2 Å². The Balaban J connectivity index is 2.64. The molecule has 1 aromatic carbocycles. The number of hydrogen-bond donors (Lipinski definition) is 1. The number of aryl methyl sites for hydroxylation is 1. The van der Waals surface area contributed by atoms with Gasteiger partial charge in [0.25, 0.3) is 0 Å². The predicted molar refractivity (Wildman–Crippen MR) is 72.2 cm³/mol. The largest absolute Gasteiger partial charge is 0.374 e. The maximum Gasteiger partial charge on any atom is 0.0393 e. The van der Waals surface area contributed by atoms with E-state index in [4.69, 9.17) is 0 Å². The Morgan fingerprint density at radius 3 is 2.56 bits per heavy atom. The minimum Gasteiger partial charge on any atom is -0.374 e. The maximum atomic E-state index is 3.26. The van der Waals surface area contributed by atoms with Crippen LogP contribution in [0.3, 0.4) is 0 Å². The third kappa shape index (κ3) is 3.53. The molecule has 2 heteroatoms. The number of anilines is 1. The van der Waals surface area contributed by atoms with Gasteiger partial charge in [-0.15, -0.1) is 0 Å². The summed E-state index contributed by atoms with van der Waals surface area (Å²) < 4.78 is 0. The van der Waals surface area contributed by atoms with E-state index in [0.29, 0.717) is 0 Å². The number of hydrogen-bond acceptors (Lipinski definition) is 2. The summed E-state index contributed by atoms with van der Waals surface area (Å²) >= 11 is 0. The lowest BCUT2D eigenvalue weighted by atomic mass is 10.1. The molecule has 0 saturated carbocycles. The second-order valence-corrected chi connectivity index (χ2v) is 4.50. The van der Waals surface area contributed by atoms with Crippen molar-refractivity contribution in [3.05, 3.63) is 29.8 Å². The van der Waals surface area contributed by atoms with E-state index < -0.39 is 0 Å². The van der Waals surface area contributed by atoms with Gasteiger partial charge >= 0.3 is 0 Å². The molecule has 0 aromatic heterocycles. The molecule has 1 atom stereocenters. The third-order valence-electron chi connectivity index (χ3n) is 3.13. The van der Waals surface area contributed by atoms with Crippen molar-refractivity contribution in [2.45, 2.75) is 20.3 Å². The molecule has 1 rings (SSSR count). The fraction of sp³-hybridized carbons (Fsp3) is 0.571. The average Bonchev–Trinajstić information content (AvgIpc) is 2.28. The molecule has 16 heavy (non-hydrogen) atoms. The molecular formula is C14H24N2. The van der Waals surface area contributed by atoms with Crippen molar-refractivity contribution < 1.29 is 0 Å². The van der Waals surface area contributed by atoms with Crippen molar-refractivity contribution in [1.29, 1.82) is 0 Å². The van der Waals surface area contributed by atoms with Crippen LogP contribution >= 0.6 is 0 Å². The van der Waals surface area contributed by atoms with E-state index in [2.05, 4.69) is 55.4 Å². The van der Waals surface area contributed by atoms with Gasteiger partial charge in [0.2, 0.25) is 0 Å². The first-order valence-corrected chi connectivity index (χ1v) is 6.10. The quantitative estimate of drug-likeness (QED) is 0.793. The van der Waals surface area contributed by atoms with Gasteiger partial charge in [-0.25, -0.2) is 0 Å². The van der Waals surface area contributed by atoms with Crippen LogP contribution in [-0.4, -0.2) is 27.2 Å². The van der Waals surface area contributed by atoms with Gasteiger partial charge in [0.1, 0.15) is 0 Å². The summed E-state index contributed by atoms with van der Waals surface area (Å²) in [4.78, 5) is 2.36. The zero-order valence-electron chi connectivity index (χ0n) is 11.0. The molecule has 0 saturated heterocycles. The summed E-state index contributed by atoms with van der Waals surface area (Å²) in [5.41, 5.74) is 2.70. The summed E-state index contributed by atoms with van der Waals surface area (Å²) in [5, 5.41) is 3.26. The molecule has 0 fully saturated rings.